The van der Waals surface area contributed by atoms with Crippen LogP contribution in [-0.4, -0.2) is 48.9 Å². The van der Waals surface area contributed by atoms with E-state index in [1.807, 2.05) is 65.0 Å². The Balaban J connectivity index is 2.77. The third-order valence-electron chi connectivity index (χ3n) is 4.09. The molecule has 1 aromatic carbocycles. The lowest BCUT2D eigenvalue weighted by molar-refractivity contribution is -0.159. The van der Waals surface area contributed by atoms with Crippen molar-refractivity contribution in [3.63, 3.8) is 0 Å². The Morgan fingerprint density at radius 3 is 2.19 bits per heavy atom. The Kier molecular flexibility index (Phi) is 8.76. The minimum absolute atomic E-state index is 0.0617. The maximum atomic E-state index is 12.5. The number of likely N-dealkylation sites (N-methyl/N-ethyl adjacent to an activating group) is 1. The van der Waals surface area contributed by atoms with Crippen LogP contribution in [0.15, 0.2) is 30.3 Å². The maximum absolute atomic E-state index is 12.5. The number of carbonyl (C=O) groups is 2. The van der Waals surface area contributed by atoms with Gasteiger partial charge in [0.15, 0.2) is 0 Å². The van der Waals surface area contributed by atoms with Gasteiger partial charge in [0.05, 0.1) is 18.6 Å². The molecule has 1 aromatic rings. The van der Waals surface area contributed by atoms with Crippen molar-refractivity contribution < 1.29 is 23.8 Å². The fourth-order valence-electron chi connectivity index (χ4n) is 2.96. The first kappa shape index (κ1) is 23.0. The fraction of sp³-hybridized carbons (Fsp3) is 0.619. The van der Waals surface area contributed by atoms with Gasteiger partial charge >= 0.3 is 12.1 Å². The van der Waals surface area contributed by atoms with E-state index in [1.54, 1.807) is 7.05 Å². The van der Waals surface area contributed by atoms with Crippen molar-refractivity contribution in [2.75, 3.05) is 14.2 Å². The highest BCUT2D eigenvalue weighted by atomic mass is 16.6. The first-order valence-electron chi connectivity index (χ1n) is 9.23. The Morgan fingerprint density at radius 1 is 1.11 bits per heavy atom. The minimum Gasteiger partial charge on any atom is -0.460 e. The van der Waals surface area contributed by atoms with E-state index in [2.05, 4.69) is 0 Å². The molecule has 0 saturated carbocycles. The molecule has 0 aromatic heterocycles. The predicted octanol–water partition coefficient (Wildman–Crippen LogP) is 4.03. The van der Waals surface area contributed by atoms with Crippen LogP contribution in [0, 0.1) is 5.92 Å². The number of hydrogen-bond acceptors (Lipinski definition) is 5. The molecule has 6 heteroatoms. The number of carbonyl (C=O) groups excluding carboxylic acids is 2. The van der Waals surface area contributed by atoms with E-state index >= 15 is 0 Å². The average molecular weight is 379 g/mol. The van der Waals surface area contributed by atoms with E-state index < -0.39 is 17.8 Å². The van der Waals surface area contributed by atoms with Crippen molar-refractivity contribution in [1.82, 2.24) is 4.90 Å². The molecular weight excluding hydrogens is 346 g/mol. The van der Waals surface area contributed by atoms with Gasteiger partial charge in [0.25, 0.3) is 0 Å². The summed E-state index contributed by atoms with van der Waals surface area (Å²) in [6.07, 6.45) is -0.884. The Labute approximate surface area is 162 Å². The molecule has 6 nitrogen and oxygen atoms in total. The van der Waals surface area contributed by atoms with Crippen LogP contribution >= 0.6 is 0 Å². The van der Waals surface area contributed by atoms with Gasteiger partial charge in [0.1, 0.15) is 12.2 Å². The average Bonchev–Trinajstić information content (AvgIpc) is 2.57. The SMILES string of the molecule is CO[C@H](CC(=O)OC(C)(C)C)C(C(C)C)N(C)C(=O)OCc1ccccc1. The second-order valence-electron chi connectivity index (χ2n) is 7.95. The highest BCUT2D eigenvalue weighted by Gasteiger charge is 2.34. The lowest BCUT2D eigenvalue weighted by atomic mass is 9.95. The molecule has 2 atom stereocenters. The summed E-state index contributed by atoms with van der Waals surface area (Å²) in [7, 11) is 3.20. The summed E-state index contributed by atoms with van der Waals surface area (Å²) in [5.74, 6) is -0.294. The van der Waals surface area contributed by atoms with Gasteiger partial charge in [0, 0.05) is 14.2 Å². The summed E-state index contributed by atoms with van der Waals surface area (Å²) in [6.45, 7) is 9.61. The molecule has 0 aliphatic rings. The molecule has 0 aliphatic carbocycles. The van der Waals surface area contributed by atoms with Crippen molar-refractivity contribution in [2.45, 2.75) is 65.4 Å². The molecule has 0 fully saturated rings. The molecule has 1 amide bonds. The first-order chi connectivity index (χ1) is 12.5. The summed E-state index contributed by atoms with van der Waals surface area (Å²) in [4.78, 5) is 26.3. The first-order valence-corrected chi connectivity index (χ1v) is 9.23. The molecule has 0 radical (unpaired) electrons. The van der Waals surface area contributed by atoms with Crippen LogP contribution in [0.2, 0.25) is 0 Å². The van der Waals surface area contributed by atoms with Crippen LogP contribution < -0.4 is 0 Å². The van der Waals surface area contributed by atoms with Gasteiger partial charge < -0.3 is 19.1 Å². The molecule has 1 unspecified atom stereocenters. The third-order valence-corrected chi connectivity index (χ3v) is 4.09. The van der Waals surface area contributed by atoms with Crippen LogP contribution in [0.5, 0.6) is 0 Å². The van der Waals surface area contributed by atoms with Crippen LogP contribution in [0.4, 0.5) is 4.79 Å². The maximum Gasteiger partial charge on any atom is 0.410 e. The monoisotopic (exact) mass is 379 g/mol. The van der Waals surface area contributed by atoms with Crippen molar-refractivity contribution in [1.29, 1.82) is 0 Å². The van der Waals surface area contributed by atoms with E-state index in [4.69, 9.17) is 14.2 Å². The molecule has 152 valence electrons. The van der Waals surface area contributed by atoms with Crippen LogP contribution in [0.1, 0.15) is 46.6 Å². The second kappa shape index (κ2) is 10.3. The van der Waals surface area contributed by atoms with Crippen molar-refractivity contribution in [3.05, 3.63) is 35.9 Å². The lowest BCUT2D eigenvalue weighted by Gasteiger charge is -2.36. The van der Waals surface area contributed by atoms with E-state index in [-0.39, 0.29) is 31.0 Å². The zero-order valence-electron chi connectivity index (χ0n) is 17.5. The molecule has 0 saturated heterocycles. The number of benzene rings is 1. The van der Waals surface area contributed by atoms with Gasteiger partial charge in [-0.05, 0) is 32.3 Å². The fourth-order valence-corrected chi connectivity index (χ4v) is 2.96. The summed E-state index contributed by atoms with van der Waals surface area (Å²) < 4.78 is 16.4. The molecule has 0 heterocycles. The van der Waals surface area contributed by atoms with Crippen molar-refractivity contribution in [2.24, 2.45) is 5.92 Å². The summed E-state index contributed by atoms with van der Waals surface area (Å²) in [5.41, 5.74) is 0.348. The number of rotatable bonds is 8. The third kappa shape index (κ3) is 7.99. The standard InChI is InChI=1S/C21H33NO5/c1-15(2)19(17(25-7)13-18(23)27-21(3,4)5)22(6)20(24)26-14-16-11-9-8-10-12-16/h8-12,15,17,19H,13-14H2,1-7H3/t17-,19?/m1/s1. The van der Waals surface area contributed by atoms with Crippen LogP contribution in [-0.2, 0) is 25.6 Å². The number of methoxy groups -OCH3 is 1. The summed E-state index contributed by atoms with van der Waals surface area (Å²) >= 11 is 0. The number of hydrogen-bond donors (Lipinski definition) is 0. The molecule has 27 heavy (non-hydrogen) atoms. The van der Waals surface area contributed by atoms with Gasteiger partial charge in [-0.3, -0.25) is 4.79 Å². The smallest absolute Gasteiger partial charge is 0.410 e. The topological polar surface area (TPSA) is 65.1 Å². The van der Waals surface area contributed by atoms with Crippen LogP contribution in [0.25, 0.3) is 0 Å². The highest BCUT2D eigenvalue weighted by Crippen LogP contribution is 2.21. The van der Waals surface area contributed by atoms with Gasteiger partial charge in [-0.1, -0.05) is 44.2 Å². The molecule has 0 spiro atoms. The minimum atomic E-state index is -0.566. The van der Waals surface area contributed by atoms with Crippen molar-refractivity contribution >= 4 is 12.1 Å². The van der Waals surface area contributed by atoms with E-state index in [0.29, 0.717) is 0 Å². The van der Waals surface area contributed by atoms with E-state index in [9.17, 15) is 9.59 Å². The van der Waals surface area contributed by atoms with Crippen LogP contribution in [0.3, 0.4) is 0 Å². The van der Waals surface area contributed by atoms with Gasteiger partial charge in [-0.25, -0.2) is 4.79 Å². The van der Waals surface area contributed by atoms with Gasteiger partial charge in [-0.2, -0.15) is 0 Å². The van der Waals surface area contributed by atoms with Gasteiger partial charge in [-0.15, -0.1) is 0 Å². The summed E-state index contributed by atoms with van der Waals surface area (Å²) in [5, 5.41) is 0. The zero-order chi connectivity index (χ0) is 20.6. The molecule has 0 bridgehead atoms. The summed E-state index contributed by atoms with van der Waals surface area (Å²) in [6, 6.07) is 9.16. The number of ether oxygens (including phenoxy) is 3. The number of nitrogens with zero attached hydrogens (tertiary/aromatic N) is 1. The molecule has 0 N–H and O–H groups in total. The normalized spacial score (nSPS) is 13.8. The Bertz CT molecular complexity index is 594. The number of esters is 1. The van der Waals surface area contributed by atoms with Crippen molar-refractivity contribution in [3.8, 4) is 0 Å². The lowest BCUT2D eigenvalue weighted by Crippen LogP contribution is -2.49. The van der Waals surface area contributed by atoms with E-state index in [0.717, 1.165) is 5.56 Å². The van der Waals surface area contributed by atoms with E-state index in [1.165, 1.54) is 12.0 Å². The molecule has 0 aliphatic heterocycles. The highest BCUT2D eigenvalue weighted by molar-refractivity contribution is 5.71. The zero-order valence-corrected chi connectivity index (χ0v) is 17.5. The second-order valence-corrected chi connectivity index (χ2v) is 7.95. The Hall–Kier alpha value is -2.08. The largest absolute Gasteiger partial charge is 0.460 e. The van der Waals surface area contributed by atoms with Gasteiger partial charge in [0.2, 0.25) is 0 Å². The molecule has 1 rings (SSSR count). The number of amides is 1. The molecular formula is C21H33NO5. The predicted molar refractivity (Wildman–Crippen MR) is 104 cm³/mol. The quantitative estimate of drug-likeness (QED) is 0.638. The Morgan fingerprint density at radius 2 is 1.70 bits per heavy atom.